The summed E-state index contributed by atoms with van der Waals surface area (Å²) in [6, 6.07) is 10.4. The van der Waals surface area contributed by atoms with Crippen LogP contribution in [0.4, 0.5) is 0 Å². The fraction of sp³-hybridized carbons (Fsp3) is 0.357. The van der Waals surface area contributed by atoms with Crippen LogP contribution in [-0.2, 0) is 20.0 Å². The third-order valence-electron chi connectivity index (χ3n) is 3.04. The molecule has 2 rings (SSSR count). The molecule has 1 N–H and O–H groups in total. The van der Waals surface area contributed by atoms with Gasteiger partial charge in [-0.25, -0.2) is 0 Å². The van der Waals surface area contributed by atoms with E-state index in [9.17, 15) is 0 Å². The van der Waals surface area contributed by atoms with Gasteiger partial charge in [-0.3, -0.25) is 4.68 Å². The third-order valence-corrected chi connectivity index (χ3v) is 3.41. The molecule has 0 fully saturated rings. The van der Waals surface area contributed by atoms with Crippen LogP contribution in [0.1, 0.15) is 18.2 Å². The first kappa shape index (κ1) is 13.1. The molecule has 96 valence electrons. The summed E-state index contributed by atoms with van der Waals surface area (Å²) in [7, 11) is 1.95. The number of aromatic nitrogens is 2. The number of aryl methyl sites for hydroxylation is 1. The van der Waals surface area contributed by atoms with Gasteiger partial charge in [0.2, 0.25) is 0 Å². The van der Waals surface area contributed by atoms with Crippen molar-refractivity contribution in [2.24, 2.45) is 7.05 Å². The molecule has 1 atom stereocenters. The fourth-order valence-electron chi connectivity index (χ4n) is 1.92. The van der Waals surface area contributed by atoms with Gasteiger partial charge in [0, 0.05) is 30.9 Å². The van der Waals surface area contributed by atoms with Gasteiger partial charge in [0.15, 0.2) is 0 Å². The lowest BCUT2D eigenvalue weighted by atomic mass is 10.1. The van der Waals surface area contributed by atoms with Gasteiger partial charge in [-0.15, -0.1) is 0 Å². The van der Waals surface area contributed by atoms with E-state index in [0.29, 0.717) is 6.04 Å². The van der Waals surface area contributed by atoms with Crippen molar-refractivity contribution in [1.29, 1.82) is 0 Å². The minimum absolute atomic E-state index is 0.375. The lowest BCUT2D eigenvalue weighted by Gasteiger charge is -2.14. The van der Waals surface area contributed by atoms with Gasteiger partial charge >= 0.3 is 0 Å². The summed E-state index contributed by atoms with van der Waals surface area (Å²) in [6.07, 6.45) is 2.74. The average molecular weight is 264 g/mol. The third kappa shape index (κ3) is 3.34. The van der Waals surface area contributed by atoms with Gasteiger partial charge in [-0.05, 0) is 31.0 Å². The Morgan fingerprint density at radius 1 is 1.33 bits per heavy atom. The SMILES string of the molecule is CC(Cc1ccccc1Cl)NCc1ccnn1C. The van der Waals surface area contributed by atoms with Crippen LogP contribution in [0.3, 0.4) is 0 Å². The number of halogens is 1. The first-order valence-corrected chi connectivity index (χ1v) is 6.48. The maximum Gasteiger partial charge on any atom is 0.0518 e. The Kier molecular flexibility index (Phi) is 4.39. The lowest BCUT2D eigenvalue weighted by Crippen LogP contribution is -2.28. The normalized spacial score (nSPS) is 12.6. The quantitative estimate of drug-likeness (QED) is 0.899. The minimum atomic E-state index is 0.375. The maximum atomic E-state index is 6.15. The Morgan fingerprint density at radius 2 is 2.11 bits per heavy atom. The Balaban J connectivity index is 1.88. The number of nitrogens with zero attached hydrogens (tertiary/aromatic N) is 2. The highest BCUT2D eigenvalue weighted by molar-refractivity contribution is 6.31. The van der Waals surface area contributed by atoms with Gasteiger partial charge < -0.3 is 5.32 Å². The molecule has 0 saturated carbocycles. The molecule has 3 nitrogen and oxygen atoms in total. The number of nitrogens with one attached hydrogen (secondary N) is 1. The van der Waals surface area contributed by atoms with Crippen molar-refractivity contribution in [2.75, 3.05) is 0 Å². The van der Waals surface area contributed by atoms with Crippen LogP contribution < -0.4 is 5.32 Å². The number of benzene rings is 1. The molecule has 1 unspecified atom stereocenters. The number of rotatable bonds is 5. The molecule has 18 heavy (non-hydrogen) atoms. The minimum Gasteiger partial charge on any atom is -0.308 e. The summed E-state index contributed by atoms with van der Waals surface area (Å²) in [5, 5.41) is 8.47. The van der Waals surface area contributed by atoms with Gasteiger partial charge in [0.05, 0.1) is 5.69 Å². The summed E-state index contributed by atoms with van der Waals surface area (Å²) in [5.74, 6) is 0. The average Bonchev–Trinajstić information content (AvgIpc) is 2.75. The van der Waals surface area contributed by atoms with E-state index in [0.717, 1.165) is 18.0 Å². The molecule has 0 spiro atoms. The van der Waals surface area contributed by atoms with E-state index < -0.39 is 0 Å². The maximum absolute atomic E-state index is 6.15. The molecule has 0 bridgehead atoms. The number of hydrogen-bond acceptors (Lipinski definition) is 2. The predicted molar refractivity (Wildman–Crippen MR) is 74.7 cm³/mol. The van der Waals surface area contributed by atoms with Gasteiger partial charge in [-0.2, -0.15) is 5.10 Å². The highest BCUT2D eigenvalue weighted by Gasteiger charge is 2.07. The van der Waals surface area contributed by atoms with Crippen molar-refractivity contribution in [3.05, 3.63) is 52.8 Å². The van der Waals surface area contributed by atoms with Gasteiger partial charge in [0.25, 0.3) is 0 Å². The zero-order valence-corrected chi connectivity index (χ0v) is 11.5. The van der Waals surface area contributed by atoms with E-state index in [1.807, 2.05) is 42.2 Å². The van der Waals surface area contributed by atoms with Crippen LogP contribution in [0.2, 0.25) is 5.02 Å². The molecule has 0 saturated heterocycles. The molecular formula is C14H18ClN3. The zero-order chi connectivity index (χ0) is 13.0. The zero-order valence-electron chi connectivity index (χ0n) is 10.7. The second kappa shape index (κ2) is 6.03. The van der Waals surface area contributed by atoms with Crippen molar-refractivity contribution in [2.45, 2.75) is 25.9 Å². The summed E-state index contributed by atoms with van der Waals surface area (Å²) >= 11 is 6.15. The van der Waals surface area contributed by atoms with Crippen molar-refractivity contribution in [3.63, 3.8) is 0 Å². The second-order valence-electron chi connectivity index (χ2n) is 4.52. The van der Waals surface area contributed by atoms with Crippen molar-refractivity contribution in [3.8, 4) is 0 Å². The molecular weight excluding hydrogens is 246 g/mol. The van der Waals surface area contributed by atoms with E-state index >= 15 is 0 Å². The molecule has 1 aromatic carbocycles. The standard InChI is InChI=1S/C14H18ClN3/c1-11(9-12-5-3-4-6-14(12)15)16-10-13-7-8-17-18(13)2/h3-8,11,16H,9-10H2,1-2H3. The Bertz CT molecular complexity index is 507. The summed E-state index contributed by atoms with van der Waals surface area (Å²) < 4.78 is 1.88. The molecule has 0 aliphatic carbocycles. The molecule has 0 radical (unpaired) electrons. The molecule has 0 amide bonds. The van der Waals surface area contributed by atoms with Crippen LogP contribution in [0.25, 0.3) is 0 Å². The highest BCUT2D eigenvalue weighted by atomic mass is 35.5. The molecule has 1 heterocycles. The monoisotopic (exact) mass is 263 g/mol. The van der Waals surface area contributed by atoms with Crippen LogP contribution in [0, 0.1) is 0 Å². The van der Waals surface area contributed by atoms with E-state index in [1.165, 1.54) is 11.3 Å². The molecule has 0 aliphatic rings. The Labute approximate surface area is 113 Å². The Hall–Kier alpha value is -1.32. The topological polar surface area (TPSA) is 29.9 Å². The highest BCUT2D eigenvalue weighted by Crippen LogP contribution is 2.16. The predicted octanol–water partition coefficient (Wildman–Crippen LogP) is 2.79. The number of hydrogen-bond donors (Lipinski definition) is 1. The molecule has 1 aromatic heterocycles. The smallest absolute Gasteiger partial charge is 0.0518 e. The largest absolute Gasteiger partial charge is 0.308 e. The van der Waals surface area contributed by atoms with Crippen molar-refractivity contribution in [1.82, 2.24) is 15.1 Å². The van der Waals surface area contributed by atoms with Gasteiger partial charge in [0.1, 0.15) is 0 Å². The first-order chi connectivity index (χ1) is 8.66. The van der Waals surface area contributed by atoms with Crippen molar-refractivity contribution < 1.29 is 0 Å². The van der Waals surface area contributed by atoms with Crippen LogP contribution in [-0.4, -0.2) is 15.8 Å². The molecule has 0 aliphatic heterocycles. The van der Waals surface area contributed by atoms with Crippen LogP contribution >= 0.6 is 11.6 Å². The summed E-state index contributed by atoms with van der Waals surface area (Å²) in [4.78, 5) is 0. The summed E-state index contributed by atoms with van der Waals surface area (Å²) in [5.41, 5.74) is 2.37. The van der Waals surface area contributed by atoms with E-state index in [-0.39, 0.29) is 0 Å². The van der Waals surface area contributed by atoms with Crippen molar-refractivity contribution >= 4 is 11.6 Å². The lowest BCUT2D eigenvalue weighted by molar-refractivity contribution is 0.526. The van der Waals surface area contributed by atoms with E-state index in [4.69, 9.17) is 11.6 Å². The summed E-state index contributed by atoms with van der Waals surface area (Å²) in [6.45, 7) is 2.99. The second-order valence-corrected chi connectivity index (χ2v) is 4.93. The molecule has 4 heteroatoms. The van der Waals surface area contributed by atoms with Crippen LogP contribution in [0.5, 0.6) is 0 Å². The van der Waals surface area contributed by atoms with Gasteiger partial charge in [-0.1, -0.05) is 29.8 Å². The van der Waals surface area contributed by atoms with E-state index in [1.54, 1.807) is 0 Å². The first-order valence-electron chi connectivity index (χ1n) is 6.10. The Morgan fingerprint density at radius 3 is 2.78 bits per heavy atom. The molecule has 2 aromatic rings. The van der Waals surface area contributed by atoms with E-state index in [2.05, 4.69) is 23.4 Å². The fourth-order valence-corrected chi connectivity index (χ4v) is 2.13. The van der Waals surface area contributed by atoms with Crippen LogP contribution in [0.15, 0.2) is 36.5 Å².